The Hall–Kier alpha value is -1.94. The molecule has 4 nitrogen and oxygen atoms in total. The van der Waals surface area contributed by atoms with Crippen LogP contribution in [0.5, 0.6) is 5.75 Å². The molecule has 0 radical (unpaired) electrons. The predicted molar refractivity (Wildman–Crippen MR) is 89.0 cm³/mol. The zero-order valence-corrected chi connectivity index (χ0v) is 13.3. The van der Waals surface area contributed by atoms with Crippen LogP contribution in [0, 0.1) is 6.92 Å². The molecule has 0 fully saturated rings. The van der Waals surface area contributed by atoms with Gasteiger partial charge in [0.25, 0.3) is 0 Å². The second kappa shape index (κ2) is 7.18. The van der Waals surface area contributed by atoms with E-state index in [2.05, 4.69) is 22.5 Å². The number of nitrogens with zero attached hydrogens (tertiary/aromatic N) is 1. The van der Waals surface area contributed by atoms with Gasteiger partial charge in [-0.2, -0.15) is 0 Å². The predicted octanol–water partition coefficient (Wildman–Crippen LogP) is 4.62. The first-order chi connectivity index (χ1) is 10.1. The number of aromatic nitrogens is 1. The Balaban J connectivity index is 2.23. The van der Waals surface area contributed by atoms with Crippen LogP contribution in [0.4, 0.5) is 17.1 Å². The molecule has 5 heteroatoms. The van der Waals surface area contributed by atoms with Gasteiger partial charge >= 0.3 is 0 Å². The Kier molecular flexibility index (Phi) is 5.28. The molecule has 0 atom stereocenters. The summed E-state index contributed by atoms with van der Waals surface area (Å²) in [4.78, 5) is 4.24. The normalized spacial score (nSPS) is 10.3. The molecule has 2 aromatic rings. The molecule has 112 valence electrons. The van der Waals surface area contributed by atoms with E-state index in [-0.39, 0.29) is 0 Å². The fraction of sp³-hybridized carbons (Fsp3) is 0.312. The van der Waals surface area contributed by atoms with Gasteiger partial charge in [-0.1, -0.05) is 18.5 Å². The smallest absolute Gasteiger partial charge is 0.143 e. The van der Waals surface area contributed by atoms with E-state index in [0.717, 1.165) is 35.6 Å². The molecule has 0 aliphatic rings. The van der Waals surface area contributed by atoms with E-state index in [1.54, 1.807) is 13.3 Å². The topological polar surface area (TPSA) is 46.2 Å². The number of aryl methyl sites for hydroxylation is 1. The van der Waals surface area contributed by atoms with Gasteiger partial charge in [0.2, 0.25) is 0 Å². The highest BCUT2D eigenvalue weighted by Crippen LogP contribution is 2.33. The van der Waals surface area contributed by atoms with Crippen LogP contribution in [-0.2, 0) is 0 Å². The number of rotatable bonds is 6. The lowest BCUT2D eigenvalue weighted by molar-refractivity contribution is 0.417. The van der Waals surface area contributed by atoms with Crippen molar-refractivity contribution in [2.45, 2.75) is 20.3 Å². The lowest BCUT2D eigenvalue weighted by Crippen LogP contribution is -2.01. The molecular formula is C16H20ClN3O. The lowest BCUT2D eigenvalue weighted by Gasteiger charge is -2.14. The number of benzene rings is 1. The minimum atomic E-state index is 0.689. The molecule has 1 aromatic heterocycles. The fourth-order valence-corrected chi connectivity index (χ4v) is 2.11. The molecule has 0 aliphatic heterocycles. The van der Waals surface area contributed by atoms with Crippen LogP contribution in [0.25, 0.3) is 0 Å². The standard InChI is InChI=1S/C16H20ClN3O/c1-4-5-19-12-7-13(10-18-9-12)20-15-6-11(2)14(17)8-16(15)21-3/h6-10,19-20H,4-5H2,1-3H3. The van der Waals surface area contributed by atoms with Gasteiger partial charge in [-0.05, 0) is 31.0 Å². The third-order valence-corrected chi connectivity index (χ3v) is 3.48. The highest BCUT2D eigenvalue weighted by atomic mass is 35.5. The largest absolute Gasteiger partial charge is 0.495 e. The molecule has 2 rings (SSSR count). The molecule has 0 unspecified atom stereocenters. The first-order valence-electron chi connectivity index (χ1n) is 6.94. The van der Waals surface area contributed by atoms with Gasteiger partial charge in [0.1, 0.15) is 5.75 Å². The Morgan fingerprint density at radius 3 is 2.67 bits per heavy atom. The maximum absolute atomic E-state index is 6.12. The summed E-state index contributed by atoms with van der Waals surface area (Å²) >= 11 is 6.12. The summed E-state index contributed by atoms with van der Waals surface area (Å²) in [7, 11) is 1.63. The van der Waals surface area contributed by atoms with Crippen molar-refractivity contribution in [3.63, 3.8) is 0 Å². The summed E-state index contributed by atoms with van der Waals surface area (Å²) in [5.74, 6) is 0.706. The Labute approximate surface area is 130 Å². The SMILES string of the molecule is CCCNc1cncc(Nc2cc(C)c(Cl)cc2OC)c1. The summed E-state index contributed by atoms with van der Waals surface area (Å²) in [6.07, 6.45) is 4.66. The minimum Gasteiger partial charge on any atom is -0.495 e. The van der Waals surface area contributed by atoms with Gasteiger partial charge in [0, 0.05) is 17.6 Å². The third-order valence-electron chi connectivity index (χ3n) is 3.08. The van der Waals surface area contributed by atoms with E-state index in [1.165, 1.54) is 0 Å². The highest BCUT2D eigenvalue weighted by Gasteiger charge is 2.08. The van der Waals surface area contributed by atoms with Crippen LogP contribution in [0.1, 0.15) is 18.9 Å². The second-order valence-corrected chi connectivity index (χ2v) is 5.22. The minimum absolute atomic E-state index is 0.689. The molecular weight excluding hydrogens is 286 g/mol. The Morgan fingerprint density at radius 2 is 1.95 bits per heavy atom. The molecule has 0 saturated carbocycles. The van der Waals surface area contributed by atoms with Crippen molar-refractivity contribution in [1.82, 2.24) is 4.98 Å². The molecule has 0 amide bonds. The van der Waals surface area contributed by atoms with Crippen LogP contribution in [0.2, 0.25) is 5.02 Å². The first kappa shape index (κ1) is 15.4. The van der Waals surface area contributed by atoms with Gasteiger partial charge in [0.15, 0.2) is 0 Å². The van der Waals surface area contributed by atoms with E-state index in [9.17, 15) is 0 Å². The Morgan fingerprint density at radius 1 is 1.19 bits per heavy atom. The van der Waals surface area contributed by atoms with Gasteiger partial charge in [-0.25, -0.2) is 0 Å². The molecule has 0 bridgehead atoms. The molecule has 1 aromatic carbocycles. The maximum Gasteiger partial charge on any atom is 0.143 e. The molecule has 21 heavy (non-hydrogen) atoms. The van der Waals surface area contributed by atoms with Crippen molar-refractivity contribution in [3.8, 4) is 5.75 Å². The number of nitrogens with one attached hydrogen (secondary N) is 2. The number of hydrogen-bond acceptors (Lipinski definition) is 4. The first-order valence-corrected chi connectivity index (χ1v) is 7.32. The number of ether oxygens (including phenoxy) is 1. The monoisotopic (exact) mass is 305 g/mol. The van der Waals surface area contributed by atoms with Crippen LogP contribution in [0.3, 0.4) is 0 Å². The summed E-state index contributed by atoms with van der Waals surface area (Å²) in [5, 5.41) is 7.33. The summed E-state index contributed by atoms with van der Waals surface area (Å²) < 4.78 is 5.37. The zero-order chi connectivity index (χ0) is 15.2. The Bertz CT molecular complexity index is 616. The average molecular weight is 306 g/mol. The maximum atomic E-state index is 6.12. The van der Waals surface area contributed by atoms with Crippen LogP contribution in [-0.4, -0.2) is 18.6 Å². The third kappa shape index (κ3) is 4.02. The second-order valence-electron chi connectivity index (χ2n) is 4.82. The number of methoxy groups -OCH3 is 1. The van der Waals surface area contributed by atoms with Gasteiger partial charge in [0.05, 0.1) is 36.6 Å². The van der Waals surface area contributed by atoms with Crippen LogP contribution < -0.4 is 15.4 Å². The average Bonchev–Trinajstić information content (AvgIpc) is 2.49. The van der Waals surface area contributed by atoms with Gasteiger partial charge in [-0.3, -0.25) is 4.98 Å². The van der Waals surface area contributed by atoms with Crippen molar-refractivity contribution in [1.29, 1.82) is 0 Å². The summed E-state index contributed by atoms with van der Waals surface area (Å²) in [5.41, 5.74) is 3.75. The summed E-state index contributed by atoms with van der Waals surface area (Å²) in [6, 6.07) is 5.80. The number of halogens is 1. The number of pyridine rings is 1. The summed E-state index contributed by atoms with van der Waals surface area (Å²) in [6.45, 7) is 5.02. The fourth-order valence-electron chi connectivity index (χ4n) is 1.96. The molecule has 2 N–H and O–H groups in total. The van der Waals surface area contributed by atoms with E-state index in [4.69, 9.17) is 16.3 Å². The molecule has 0 aliphatic carbocycles. The van der Waals surface area contributed by atoms with Gasteiger partial charge < -0.3 is 15.4 Å². The van der Waals surface area contributed by atoms with Crippen molar-refractivity contribution in [3.05, 3.63) is 41.2 Å². The van der Waals surface area contributed by atoms with Crippen molar-refractivity contribution >= 4 is 28.7 Å². The van der Waals surface area contributed by atoms with E-state index in [0.29, 0.717) is 10.8 Å². The number of anilines is 3. The van der Waals surface area contributed by atoms with Crippen molar-refractivity contribution < 1.29 is 4.74 Å². The van der Waals surface area contributed by atoms with Crippen molar-refractivity contribution in [2.24, 2.45) is 0 Å². The van der Waals surface area contributed by atoms with Gasteiger partial charge in [-0.15, -0.1) is 0 Å². The van der Waals surface area contributed by atoms with E-state index < -0.39 is 0 Å². The van der Waals surface area contributed by atoms with E-state index >= 15 is 0 Å². The van der Waals surface area contributed by atoms with Crippen molar-refractivity contribution in [2.75, 3.05) is 24.3 Å². The number of hydrogen-bond donors (Lipinski definition) is 2. The van der Waals surface area contributed by atoms with E-state index in [1.807, 2.05) is 31.3 Å². The lowest BCUT2D eigenvalue weighted by atomic mass is 10.2. The van der Waals surface area contributed by atoms with Crippen LogP contribution in [0.15, 0.2) is 30.6 Å². The molecule has 1 heterocycles. The zero-order valence-electron chi connectivity index (χ0n) is 12.5. The molecule has 0 saturated heterocycles. The quantitative estimate of drug-likeness (QED) is 0.817. The highest BCUT2D eigenvalue weighted by molar-refractivity contribution is 6.31. The molecule has 0 spiro atoms. The van der Waals surface area contributed by atoms with Crippen LogP contribution >= 0.6 is 11.6 Å².